The summed E-state index contributed by atoms with van der Waals surface area (Å²) in [6.45, 7) is 3.02. The van der Waals surface area contributed by atoms with E-state index in [1.54, 1.807) is 49.8 Å². The number of nitrogens with one attached hydrogen (secondary N) is 1. The Hall–Kier alpha value is -2.35. The van der Waals surface area contributed by atoms with E-state index in [1.165, 1.54) is 4.31 Å². The number of sulfonamides is 1. The number of imidazole rings is 1. The van der Waals surface area contributed by atoms with Gasteiger partial charge in [-0.2, -0.15) is 0 Å². The minimum absolute atomic E-state index is 0.289. The number of para-hydroxylation sites is 1. The fraction of sp³-hybridized carbons (Fsp3) is 0.412. The van der Waals surface area contributed by atoms with Gasteiger partial charge in [0, 0.05) is 25.5 Å². The third kappa shape index (κ3) is 5.32. The lowest BCUT2D eigenvalue weighted by Gasteiger charge is -2.30. The Labute approximate surface area is 148 Å². The standard InChI is InChI=1S/C17H24N4O3S/c1-3-16(17(22)19-10-7-12-20-13-11-18-14-20)21(25(2,23)24)15-8-5-4-6-9-15/h4-6,8-9,11,13-14,16H,3,7,10,12H2,1-2H3,(H,19,22)/t16-/m1/s1. The Morgan fingerprint density at radius 3 is 2.60 bits per heavy atom. The van der Waals surface area contributed by atoms with Crippen LogP contribution in [-0.2, 0) is 21.4 Å². The Kier molecular flexibility index (Phi) is 6.58. The van der Waals surface area contributed by atoms with Crippen LogP contribution < -0.4 is 9.62 Å². The normalized spacial score (nSPS) is 12.6. The van der Waals surface area contributed by atoms with Crippen molar-refractivity contribution in [1.29, 1.82) is 0 Å². The van der Waals surface area contributed by atoms with Crippen molar-refractivity contribution < 1.29 is 13.2 Å². The van der Waals surface area contributed by atoms with E-state index in [1.807, 2.05) is 10.8 Å². The average molecular weight is 364 g/mol. The van der Waals surface area contributed by atoms with Crippen LogP contribution in [0, 0.1) is 0 Å². The van der Waals surface area contributed by atoms with E-state index in [9.17, 15) is 13.2 Å². The van der Waals surface area contributed by atoms with E-state index in [0.29, 0.717) is 18.7 Å². The number of amides is 1. The third-order valence-electron chi connectivity index (χ3n) is 3.79. The number of carbonyl (C=O) groups excluding carboxylic acids is 1. The largest absolute Gasteiger partial charge is 0.354 e. The molecule has 0 unspecified atom stereocenters. The van der Waals surface area contributed by atoms with Crippen molar-refractivity contribution >= 4 is 21.6 Å². The maximum Gasteiger partial charge on any atom is 0.243 e. The third-order valence-corrected chi connectivity index (χ3v) is 4.97. The highest BCUT2D eigenvalue weighted by molar-refractivity contribution is 7.92. The Bertz CT molecular complexity index is 760. The van der Waals surface area contributed by atoms with Crippen LogP contribution in [0.2, 0.25) is 0 Å². The van der Waals surface area contributed by atoms with Crippen LogP contribution in [0.5, 0.6) is 0 Å². The molecule has 0 radical (unpaired) electrons. The van der Waals surface area contributed by atoms with Gasteiger partial charge in [0.1, 0.15) is 6.04 Å². The molecular formula is C17H24N4O3S. The number of benzene rings is 1. The average Bonchev–Trinajstić information content (AvgIpc) is 3.09. The van der Waals surface area contributed by atoms with Crippen molar-refractivity contribution in [3.05, 3.63) is 49.1 Å². The zero-order chi connectivity index (χ0) is 18.3. The summed E-state index contributed by atoms with van der Waals surface area (Å²) >= 11 is 0. The lowest BCUT2D eigenvalue weighted by atomic mass is 10.2. The molecule has 0 spiro atoms. The fourth-order valence-corrected chi connectivity index (χ4v) is 3.86. The molecule has 1 atom stereocenters. The van der Waals surface area contributed by atoms with Crippen LogP contribution >= 0.6 is 0 Å². The van der Waals surface area contributed by atoms with E-state index in [0.717, 1.165) is 19.2 Å². The van der Waals surface area contributed by atoms with Crippen LogP contribution in [0.15, 0.2) is 49.1 Å². The second-order valence-corrected chi connectivity index (χ2v) is 7.62. The predicted octanol–water partition coefficient (Wildman–Crippen LogP) is 1.63. The Morgan fingerprint density at radius 2 is 2.04 bits per heavy atom. The van der Waals surface area contributed by atoms with Crippen LogP contribution in [-0.4, -0.2) is 42.7 Å². The summed E-state index contributed by atoms with van der Waals surface area (Å²) in [5, 5.41) is 2.84. The molecule has 0 aliphatic rings. The van der Waals surface area contributed by atoms with Crippen molar-refractivity contribution in [3.8, 4) is 0 Å². The molecule has 0 aliphatic carbocycles. The van der Waals surface area contributed by atoms with Gasteiger partial charge in [-0.15, -0.1) is 0 Å². The summed E-state index contributed by atoms with van der Waals surface area (Å²) < 4.78 is 27.6. The van der Waals surface area contributed by atoms with Crippen molar-refractivity contribution in [2.24, 2.45) is 0 Å². The van der Waals surface area contributed by atoms with Gasteiger partial charge in [0.05, 0.1) is 18.3 Å². The van der Waals surface area contributed by atoms with E-state index in [-0.39, 0.29) is 5.91 Å². The quantitative estimate of drug-likeness (QED) is 0.686. The van der Waals surface area contributed by atoms with Gasteiger partial charge in [-0.1, -0.05) is 25.1 Å². The summed E-state index contributed by atoms with van der Waals surface area (Å²) in [4.78, 5) is 16.5. The zero-order valence-electron chi connectivity index (χ0n) is 14.5. The summed E-state index contributed by atoms with van der Waals surface area (Å²) in [7, 11) is -3.58. The zero-order valence-corrected chi connectivity index (χ0v) is 15.3. The molecule has 0 aliphatic heterocycles. The molecule has 1 heterocycles. The Morgan fingerprint density at radius 1 is 1.32 bits per heavy atom. The molecule has 1 amide bonds. The molecule has 1 aromatic carbocycles. The van der Waals surface area contributed by atoms with Crippen molar-refractivity contribution in [2.75, 3.05) is 17.1 Å². The molecular weight excluding hydrogens is 340 g/mol. The molecule has 136 valence electrons. The number of carbonyl (C=O) groups is 1. The smallest absolute Gasteiger partial charge is 0.243 e. The first-order chi connectivity index (χ1) is 11.9. The molecule has 1 N–H and O–H groups in total. The summed E-state index contributed by atoms with van der Waals surface area (Å²) in [5.74, 6) is -0.289. The van der Waals surface area contributed by atoms with Gasteiger partial charge in [-0.05, 0) is 25.0 Å². The minimum atomic E-state index is -3.58. The Balaban J connectivity index is 2.03. The summed E-state index contributed by atoms with van der Waals surface area (Å²) in [6, 6.07) is 7.92. The minimum Gasteiger partial charge on any atom is -0.354 e. The molecule has 0 saturated heterocycles. The summed E-state index contributed by atoms with van der Waals surface area (Å²) in [5.41, 5.74) is 0.491. The monoisotopic (exact) mass is 364 g/mol. The van der Waals surface area contributed by atoms with E-state index >= 15 is 0 Å². The van der Waals surface area contributed by atoms with E-state index in [2.05, 4.69) is 10.3 Å². The molecule has 8 heteroatoms. The maximum absolute atomic E-state index is 12.6. The topological polar surface area (TPSA) is 84.3 Å². The highest BCUT2D eigenvalue weighted by atomic mass is 32.2. The molecule has 25 heavy (non-hydrogen) atoms. The van der Waals surface area contributed by atoms with Gasteiger partial charge in [-0.3, -0.25) is 9.10 Å². The first-order valence-electron chi connectivity index (χ1n) is 8.21. The first-order valence-corrected chi connectivity index (χ1v) is 10.1. The van der Waals surface area contributed by atoms with Gasteiger partial charge in [-0.25, -0.2) is 13.4 Å². The molecule has 7 nitrogen and oxygen atoms in total. The van der Waals surface area contributed by atoms with Gasteiger partial charge >= 0.3 is 0 Å². The van der Waals surface area contributed by atoms with Crippen LogP contribution in [0.1, 0.15) is 19.8 Å². The molecule has 0 saturated carbocycles. The predicted molar refractivity (Wildman–Crippen MR) is 97.7 cm³/mol. The van der Waals surface area contributed by atoms with Crippen molar-refractivity contribution in [2.45, 2.75) is 32.4 Å². The number of aryl methyl sites for hydroxylation is 1. The lowest BCUT2D eigenvalue weighted by Crippen LogP contribution is -2.49. The molecule has 1 aromatic heterocycles. The van der Waals surface area contributed by atoms with E-state index in [4.69, 9.17) is 0 Å². The van der Waals surface area contributed by atoms with Gasteiger partial charge in [0.2, 0.25) is 15.9 Å². The molecule has 2 aromatic rings. The van der Waals surface area contributed by atoms with Gasteiger partial charge in [0.25, 0.3) is 0 Å². The SMILES string of the molecule is CC[C@H](C(=O)NCCCn1ccnc1)N(c1ccccc1)S(C)(=O)=O. The number of anilines is 1. The van der Waals surface area contributed by atoms with Gasteiger partial charge in [0.15, 0.2) is 0 Å². The lowest BCUT2D eigenvalue weighted by molar-refractivity contribution is -0.122. The summed E-state index contributed by atoms with van der Waals surface area (Å²) in [6.07, 6.45) is 7.53. The number of nitrogens with zero attached hydrogens (tertiary/aromatic N) is 3. The van der Waals surface area contributed by atoms with Crippen LogP contribution in [0.3, 0.4) is 0 Å². The number of hydrogen-bond acceptors (Lipinski definition) is 4. The number of hydrogen-bond donors (Lipinski definition) is 1. The van der Waals surface area contributed by atoms with Crippen molar-refractivity contribution in [1.82, 2.24) is 14.9 Å². The second kappa shape index (κ2) is 8.66. The van der Waals surface area contributed by atoms with Gasteiger partial charge < -0.3 is 9.88 Å². The number of rotatable bonds is 9. The maximum atomic E-state index is 12.6. The highest BCUT2D eigenvalue weighted by Gasteiger charge is 2.31. The molecule has 0 fully saturated rings. The number of aromatic nitrogens is 2. The van der Waals surface area contributed by atoms with Crippen LogP contribution in [0.4, 0.5) is 5.69 Å². The van der Waals surface area contributed by atoms with E-state index < -0.39 is 16.1 Å². The van der Waals surface area contributed by atoms with Crippen LogP contribution in [0.25, 0.3) is 0 Å². The molecule has 2 rings (SSSR count). The first kappa shape index (κ1) is 19.0. The highest BCUT2D eigenvalue weighted by Crippen LogP contribution is 2.21. The molecule has 0 bridgehead atoms. The fourth-order valence-electron chi connectivity index (χ4n) is 2.65. The second-order valence-electron chi connectivity index (χ2n) is 5.76. The van der Waals surface area contributed by atoms with Crippen molar-refractivity contribution in [3.63, 3.8) is 0 Å².